The van der Waals surface area contributed by atoms with Gasteiger partial charge < -0.3 is 0 Å². The summed E-state index contributed by atoms with van der Waals surface area (Å²) >= 11 is 0. The predicted molar refractivity (Wildman–Crippen MR) is 247 cm³/mol. The second-order valence-electron chi connectivity index (χ2n) is 16.1. The van der Waals surface area contributed by atoms with E-state index in [4.69, 9.17) is 9.97 Å². The first-order valence-electron chi connectivity index (χ1n) is 20.4. The smallest absolute Gasteiger partial charge is 0.160 e. The molecule has 11 rings (SSSR count). The molecule has 0 spiro atoms. The minimum Gasteiger partial charge on any atom is -0.228 e. The van der Waals surface area contributed by atoms with E-state index < -0.39 is 0 Å². The highest BCUT2D eigenvalue weighted by atomic mass is 14.9. The second-order valence-corrected chi connectivity index (χ2v) is 16.1. The minimum atomic E-state index is -0.188. The summed E-state index contributed by atoms with van der Waals surface area (Å²) in [5.41, 5.74) is 17.4. The third-order valence-corrected chi connectivity index (χ3v) is 12.3. The zero-order valence-electron chi connectivity index (χ0n) is 33.0. The number of hydrogen-bond acceptors (Lipinski definition) is 2. The number of nitrogens with zero attached hydrogens (tertiary/aromatic N) is 2. The van der Waals surface area contributed by atoms with Gasteiger partial charge in [0.2, 0.25) is 0 Å². The molecule has 59 heavy (non-hydrogen) atoms. The lowest BCUT2D eigenvalue weighted by Crippen LogP contribution is -2.17. The Morgan fingerprint density at radius 3 is 1.54 bits per heavy atom. The van der Waals surface area contributed by atoms with Crippen molar-refractivity contribution in [2.45, 2.75) is 19.3 Å². The quantitative estimate of drug-likeness (QED) is 0.169. The zero-order valence-corrected chi connectivity index (χ0v) is 33.0. The highest BCUT2D eigenvalue weighted by molar-refractivity contribution is 6.07. The van der Waals surface area contributed by atoms with Gasteiger partial charge in [0.15, 0.2) is 5.82 Å². The van der Waals surface area contributed by atoms with Gasteiger partial charge in [-0.25, -0.2) is 9.97 Å². The molecule has 0 bridgehead atoms. The van der Waals surface area contributed by atoms with Crippen molar-refractivity contribution in [3.05, 3.63) is 217 Å². The Morgan fingerprint density at radius 1 is 0.305 bits per heavy atom. The lowest BCUT2D eigenvalue weighted by atomic mass is 9.77. The molecule has 2 nitrogen and oxygen atoms in total. The van der Waals surface area contributed by atoms with E-state index >= 15 is 0 Å². The van der Waals surface area contributed by atoms with Crippen molar-refractivity contribution < 1.29 is 0 Å². The van der Waals surface area contributed by atoms with Crippen molar-refractivity contribution in [1.29, 1.82) is 0 Å². The molecule has 278 valence electrons. The Morgan fingerprint density at radius 2 is 0.797 bits per heavy atom. The summed E-state index contributed by atoms with van der Waals surface area (Å²) in [5.74, 6) is 0.705. The molecular formula is C57H40N2. The SMILES string of the molecule is CC1(C)c2c(cccc2-c2ccc(-c3cc(-c4cccc(-c5ccc(-c6ccccc6)cc5)c4)nc(-c4ccccc4)n3)c3ccccc23)-c2ccc3ccccc3c21. The molecular weight excluding hydrogens is 713 g/mol. The van der Waals surface area contributed by atoms with Crippen molar-refractivity contribution >= 4 is 21.5 Å². The van der Waals surface area contributed by atoms with E-state index in [2.05, 4.69) is 214 Å². The van der Waals surface area contributed by atoms with Crippen molar-refractivity contribution in [2.75, 3.05) is 0 Å². The Balaban J connectivity index is 1.04. The topological polar surface area (TPSA) is 25.8 Å². The second kappa shape index (κ2) is 13.9. The average Bonchev–Trinajstić information content (AvgIpc) is 3.55. The fraction of sp³-hybridized carbons (Fsp3) is 0.0526. The lowest BCUT2D eigenvalue weighted by Gasteiger charge is -2.26. The molecule has 1 aliphatic carbocycles. The van der Waals surface area contributed by atoms with Crippen LogP contribution in [0.15, 0.2) is 206 Å². The summed E-state index contributed by atoms with van der Waals surface area (Å²) < 4.78 is 0. The Bertz CT molecular complexity index is 3220. The molecule has 0 aliphatic heterocycles. The number of hydrogen-bond donors (Lipinski definition) is 0. The van der Waals surface area contributed by atoms with Crippen LogP contribution in [0.1, 0.15) is 25.0 Å². The van der Waals surface area contributed by atoms with E-state index in [-0.39, 0.29) is 5.41 Å². The van der Waals surface area contributed by atoms with Gasteiger partial charge in [0, 0.05) is 22.1 Å². The maximum atomic E-state index is 5.30. The van der Waals surface area contributed by atoms with E-state index in [1.54, 1.807) is 0 Å². The highest BCUT2D eigenvalue weighted by Crippen LogP contribution is 2.55. The summed E-state index contributed by atoms with van der Waals surface area (Å²) in [6, 6.07) is 74.2. The average molecular weight is 753 g/mol. The van der Waals surface area contributed by atoms with E-state index in [1.807, 2.05) is 6.07 Å². The maximum Gasteiger partial charge on any atom is 0.160 e. The van der Waals surface area contributed by atoms with Gasteiger partial charge in [-0.2, -0.15) is 0 Å². The molecule has 10 aromatic rings. The van der Waals surface area contributed by atoms with E-state index in [9.17, 15) is 0 Å². The molecule has 1 heterocycles. The van der Waals surface area contributed by atoms with Crippen LogP contribution in [0.2, 0.25) is 0 Å². The Kier molecular flexibility index (Phi) is 8.20. The van der Waals surface area contributed by atoms with Crippen molar-refractivity contribution in [3.63, 3.8) is 0 Å². The molecule has 0 saturated heterocycles. The molecule has 0 unspecified atom stereocenters. The maximum absolute atomic E-state index is 5.30. The standard InChI is InChI=1S/C57H40N2/c1-57(2)54-44-22-10-9-17-40(44)31-32-51(54)50-26-14-25-49(55(50)57)47-33-34-48(46-24-12-11-23-45(46)47)53-36-52(58-56(59-53)41-18-7-4-8-19-41)43-21-13-20-42(35-43)39-29-27-38(28-30-39)37-15-5-3-6-16-37/h3-36H,1-2H3. The molecule has 9 aromatic carbocycles. The fourth-order valence-corrected chi connectivity index (χ4v) is 9.52. The molecule has 0 fully saturated rings. The largest absolute Gasteiger partial charge is 0.228 e. The third kappa shape index (κ3) is 5.87. The number of aromatic nitrogens is 2. The lowest BCUT2D eigenvalue weighted by molar-refractivity contribution is 0.668. The molecule has 0 atom stereocenters. The Hall–Kier alpha value is -7.42. The highest BCUT2D eigenvalue weighted by Gasteiger charge is 2.39. The van der Waals surface area contributed by atoms with Crippen LogP contribution in [0.4, 0.5) is 0 Å². The molecule has 2 heteroatoms. The molecule has 0 N–H and O–H groups in total. The first-order valence-corrected chi connectivity index (χ1v) is 20.4. The fourth-order valence-electron chi connectivity index (χ4n) is 9.52. The van der Waals surface area contributed by atoms with Gasteiger partial charge in [0.25, 0.3) is 0 Å². The summed E-state index contributed by atoms with van der Waals surface area (Å²) in [7, 11) is 0. The molecule has 1 aliphatic rings. The zero-order chi connectivity index (χ0) is 39.5. The van der Waals surface area contributed by atoms with E-state index in [0.717, 1.165) is 44.6 Å². The van der Waals surface area contributed by atoms with Gasteiger partial charge in [-0.05, 0) is 89.3 Å². The summed E-state index contributed by atoms with van der Waals surface area (Å²) in [6.07, 6.45) is 0. The van der Waals surface area contributed by atoms with Gasteiger partial charge in [0.1, 0.15) is 0 Å². The van der Waals surface area contributed by atoms with Crippen LogP contribution in [0, 0.1) is 0 Å². The van der Waals surface area contributed by atoms with Crippen molar-refractivity contribution in [3.8, 4) is 78.4 Å². The summed E-state index contributed by atoms with van der Waals surface area (Å²) in [4.78, 5) is 10.5. The van der Waals surface area contributed by atoms with Crippen molar-refractivity contribution in [1.82, 2.24) is 9.97 Å². The minimum absolute atomic E-state index is 0.188. The first kappa shape index (κ1) is 34.8. The molecule has 0 radical (unpaired) electrons. The third-order valence-electron chi connectivity index (χ3n) is 12.3. The van der Waals surface area contributed by atoms with Crippen LogP contribution in [0.5, 0.6) is 0 Å². The summed E-state index contributed by atoms with van der Waals surface area (Å²) in [5, 5.41) is 4.99. The number of fused-ring (bicyclic) bond motifs is 6. The predicted octanol–water partition coefficient (Wildman–Crippen LogP) is 15.1. The van der Waals surface area contributed by atoms with Crippen LogP contribution < -0.4 is 0 Å². The van der Waals surface area contributed by atoms with Gasteiger partial charge in [0.05, 0.1) is 11.4 Å². The molecule has 0 saturated carbocycles. The van der Waals surface area contributed by atoms with E-state index in [1.165, 1.54) is 60.7 Å². The van der Waals surface area contributed by atoms with Crippen LogP contribution in [0.3, 0.4) is 0 Å². The van der Waals surface area contributed by atoms with Crippen LogP contribution in [0.25, 0.3) is 100.0 Å². The van der Waals surface area contributed by atoms with E-state index in [0.29, 0.717) is 5.82 Å². The number of rotatable bonds is 6. The van der Waals surface area contributed by atoms with Gasteiger partial charge in [-0.3, -0.25) is 0 Å². The van der Waals surface area contributed by atoms with Gasteiger partial charge >= 0.3 is 0 Å². The van der Waals surface area contributed by atoms with Gasteiger partial charge in [-0.15, -0.1) is 0 Å². The Labute approximate surface area is 345 Å². The van der Waals surface area contributed by atoms with Crippen LogP contribution in [-0.4, -0.2) is 9.97 Å². The summed E-state index contributed by atoms with van der Waals surface area (Å²) in [6.45, 7) is 4.79. The monoisotopic (exact) mass is 752 g/mol. The molecule has 0 amide bonds. The van der Waals surface area contributed by atoms with Crippen molar-refractivity contribution in [2.24, 2.45) is 0 Å². The first-order chi connectivity index (χ1) is 29.0. The van der Waals surface area contributed by atoms with Crippen LogP contribution in [-0.2, 0) is 5.41 Å². The molecule has 1 aromatic heterocycles. The van der Waals surface area contributed by atoms with Gasteiger partial charge in [-0.1, -0.05) is 208 Å². The number of benzene rings is 9. The normalized spacial score (nSPS) is 12.7. The van der Waals surface area contributed by atoms with Crippen LogP contribution >= 0.6 is 0 Å².